The van der Waals surface area contributed by atoms with Gasteiger partial charge in [-0.05, 0) is 45.2 Å². The molecule has 0 aliphatic heterocycles. The molecular formula is C26H18N2. The van der Waals surface area contributed by atoms with Crippen molar-refractivity contribution < 1.29 is 0 Å². The van der Waals surface area contributed by atoms with Crippen LogP contribution >= 0.6 is 0 Å². The van der Waals surface area contributed by atoms with Crippen LogP contribution in [0.2, 0.25) is 0 Å². The summed E-state index contributed by atoms with van der Waals surface area (Å²) in [6.45, 7) is 0. The molecule has 0 aromatic heterocycles. The Morgan fingerprint density at radius 3 is 1.46 bits per heavy atom. The first kappa shape index (κ1) is 16.4. The normalized spacial score (nSPS) is 13.7. The lowest BCUT2D eigenvalue weighted by Crippen LogP contribution is -2.23. The predicted molar refractivity (Wildman–Crippen MR) is 117 cm³/mol. The highest BCUT2D eigenvalue weighted by atomic mass is 14.6. The smallest absolute Gasteiger partial charge is 0.0880 e. The van der Waals surface area contributed by atoms with Crippen molar-refractivity contribution in [2.45, 2.75) is 0 Å². The van der Waals surface area contributed by atoms with Crippen LogP contribution in [-0.2, 0) is 0 Å². The lowest BCUT2D eigenvalue weighted by atomic mass is 9.77. The van der Waals surface area contributed by atoms with Crippen molar-refractivity contribution in [2.24, 2.45) is 0 Å². The van der Waals surface area contributed by atoms with Gasteiger partial charge in [-0.15, -0.1) is 0 Å². The summed E-state index contributed by atoms with van der Waals surface area (Å²) in [4.78, 5) is 0. The first-order valence-corrected chi connectivity index (χ1v) is 9.30. The molecule has 0 atom stereocenters. The number of benzene rings is 4. The Bertz CT molecular complexity index is 1270. The molecule has 0 heterocycles. The van der Waals surface area contributed by atoms with Gasteiger partial charge in [-0.2, -0.15) is 0 Å². The van der Waals surface area contributed by atoms with Crippen LogP contribution in [0.25, 0.3) is 21.9 Å². The van der Waals surface area contributed by atoms with Crippen molar-refractivity contribution in [3.8, 4) is 0 Å². The Kier molecular flexibility index (Phi) is 3.77. The van der Waals surface area contributed by atoms with Gasteiger partial charge in [-0.1, -0.05) is 84.9 Å². The molecule has 2 nitrogen and oxygen atoms in total. The molecule has 0 amide bonds. The van der Waals surface area contributed by atoms with E-state index in [4.69, 9.17) is 10.8 Å². The average Bonchev–Trinajstić information content (AvgIpc) is 2.76. The zero-order valence-electron chi connectivity index (χ0n) is 15.2. The second-order valence-electron chi connectivity index (χ2n) is 6.98. The molecule has 0 radical (unpaired) electrons. The zero-order chi connectivity index (χ0) is 19.1. The molecule has 4 aromatic carbocycles. The highest BCUT2D eigenvalue weighted by Crippen LogP contribution is 2.40. The maximum atomic E-state index is 8.83. The van der Waals surface area contributed by atoms with Gasteiger partial charge in [0.25, 0.3) is 0 Å². The molecule has 0 spiro atoms. The van der Waals surface area contributed by atoms with E-state index in [0.717, 1.165) is 44.2 Å². The number of hydrogen-bond acceptors (Lipinski definition) is 2. The quantitative estimate of drug-likeness (QED) is 0.429. The molecule has 2 heteroatoms. The lowest BCUT2D eigenvalue weighted by molar-refractivity contribution is 1.44. The minimum Gasteiger partial charge on any atom is -0.298 e. The van der Waals surface area contributed by atoms with Crippen LogP contribution in [0.5, 0.6) is 0 Å². The molecule has 4 aromatic rings. The summed E-state index contributed by atoms with van der Waals surface area (Å²) in [6, 6.07) is 32.6. The summed E-state index contributed by atoms with van der Waals surface area (Å²) in [7, 11) is 0. The van der Waals surface area contributed by atoms with E-state index in [1.807, 2.05) is 66.7 Å². The van der Waals surface area contributed by atoms with Crippen molar-refractivity contribution >= 4 is 33.3 Å². The van der Waals surface area contributed by atoms with Crippen LogP contribution in [-0.4, -0.2) is 11.4 Å². The molecule has 0 unspecified atom stereocenters. The van der Waals surface area contributed by atoms with Crippen molar-refractivity contribution in [3.63, 3.8) is 0 Å². The summed E-state index contributed by atoms with van der Waals surface area (Å²) < 4.78 is 0. The van der Waals surface area contributed by atoms with Gasteiger partial charge in [0.2, 0.25) is 0 Å². The largest absolute Gasteiger partial charge is 0.298 e. The molecule has 0 bridgehead atoms. The average molecular weight is 358 g/mol. The fourth-order valence-electron chi connectivity index (χ4n) is 3.97. The Labute approximate surface area is 163 Å². The van der Waals surface area contributed by atoms with Crippen molar-refractivity contribution in [2.75, 3.05) is 0 Å². The van der Waals surface area contributed by atoms with Crippen LogP contribution in [0.1, 0.15) is 22.3 Å². The summed E-state index contributed by atoms with van der Waals surface area (Å²) in [6.07, 6.45) is 0. The second-order valence-corrected chi connectivity index (χ2v) is 6.98. The van der Waals surface area contributed by atoms with E-state index in [9.17, 15) is 0 Å². The summed E-state index contributed by atoms with van der Waals surface area (Å²) in [5, 5.41) is 19.8. The third-order valence-corrected chi connectivity index (χ3v) is 5.30. The van der Waals surface area contributed by atoms with Gasteiger partial charge >= 0.3 is 0 Å². The minimum atomic E-state index is 0.271. The van der Waals surface area contributed by atoms with Gasteiger partial charge in [0, 0.05) is 11.1 Å². The molecule has 1 aliphatic carbocycles. The topological polar surface area (TPSA) is 47.7 Å². The molecule has 0 fully saturated rings. The first-order chi connectivity index (χ1) is 13.7. The maximum absolute atomic E-state index is 8.83. The van der Waals surface area contributed by atoms with E-state index in [2.05, 4.69) is 30.3 Å². The molecule has 0 saturated heterocycles. The standard InChI is InChI=1S/C26H18N2/c27-25-22-16-20-14-8-7-13-19(20)15-21(22)23(17-9-3-1-4-10-17)24(26(25)28)18-11-5-2-6-12-18/h1-16,27-28H. The van der Waals surface area contributed by atoms with Crippen molar-refractivity contribution in [1.29, 1.82) is 10.8 Å². The van der Waals surface area contributed by atoms with Gasteiger partial charge in [-0.25, -0.2) is 0 Å². The van der Waals surface area contributed by atoms with Gasteiger partial charge in [-0.3, -0.25) is 10.8 Å². The van der Waals surface area contributed by atoms with Crippen LogP contribution in [0.15, 0.2) is 97.1 Å². The Balaban J connectivity index is 1.92. The fraction of sp³-hybridized carbons (Fsp3) is 0. The summed E-state index contributed by atoms with van der Waals surface area (Å²) >= 11 is 0. The number of rotatable bonds is 2. The van der Waals surface area contributed by atoms with E-state index < -0.39 is 0 Å². The SMILES string of the molecule is N=C1C(=N)c2cc3ccccc3cc2C(c2ccccc2)=C1c1ccccc1. The maximum Gasteiger partial charge on any atom is 0.0880 e. The van der Waals surface area contributed by atoms with E-state index in [1.165, 1.54) is 0 Å². The van der Waals surface area contributed by atoms with E-state index >= 15 is 0 Å². The van der Waals surface area contributed by atoms with Crippen molar-refractivity contribution in [1.82, 2.24) is 0 Å². The number of nitrogens with one attached hydrogen (secondary N) is 2. The third kappa shape index (κ3) is 2.50. The molecule has 28 heavy (non-hydrogen) atoms. The predicted octanol–water partition coefficient (Wildman–Crippen LogP) is 6.20. The number of allylic oxidation sites excluding steroid dienone is 1. The third-order valence-electron chi connectivity index (χ3n) is 5.30. The van der Waals surface area contributed by atoms with Gasteiger partial charge in [0.15, 0.2) is 0 Å². The van der Waals surface area contributed by atoms with Crippen LogP contribution in [0, 0.1) is 10.8 Å². The molecule has 132 valence electrons. The van der Waals surface area contributed by atoms with E-state index in [0.29, 0.717) is 0 Å². The molecule has 2 N–H and O–H groups in total. The van der Waals surface area contributed by atoms with Gasteiger partial charge in [0.05, 0.1) is 11.4 Å². The Morgan fingerprint density at radius 1 is 0.429 bits per heavy atom. The first-order valence-electron chi connectivity index (χ1n) is 9.30. The molecule has 5 rings (SSSR count). The zero-order valence-corrected chi connectivity index (χ0v) is 15.2. The van der Waals surface area contributed by atoms with Crippen LogP contribution < -0.4 is 0 Å². The van der Waals surface area contributed by atoms with E-state index in [1.54, 1.807) is 0 Å². The highest BCUT2D eigenvalue weighted by molar-refractivity contribution is 6.64. The monoisotopic (exact) mass is 358 g/mol. The summed E-state index contributed by atoms with van der Waals surface area (Å²) in [5.41, 5.74) is 6.26. The minimum absolute atomic E-state index is 0.271. The van der Waals surface area contributed by atoms with Crippen LogP contribution in [0.3, 0.4) is 0 Å². The highest BCUT2D eigenvalue weighted by Gasteiger charge is 2.29. The van der Waals surface area contributed by atoms with Crippen molar-refractivity contribution in [3.05, 3.63) is 119 Å². The van der Waals surface area contributed by atoms with E-state index in [-0.39, 0.29) is 11.4 Å². The molecular weight excluding hydrogens is 340 g/mol. The number of fused-ring (bicyclic) bond motifs is 2. The second kappa shape index (κ2) is 6.43. The van der Waals surface area contributed by atoms with Gasteiger partial charge in [0.1, 0.15) is 0 Å². The number of hydrogen-bond donors (Lipinski definition) is 2. The Hall–Kier alpha value is -3.78. The lowest BCUT2D eigenvalue weighted by Gasteiger charge is -2.26. The van der Waals surface area contributed by atoms with Gasteiger partial charge < -0.3 is 0 Å². The Morgan fingerprint density at radius 2 is 0.893 bits per heavy atom. The molecule has 1 aliphatic rings. The summed E-state index contributed by atoms with van der Waals surface area (Å²) in [5.74, 6) is 0. The molecule has 0 saturated carbocycles. The van der Waals surface area contributed by atoms with Crippen LogP contribution in [0.4, 0.5) is 0 Å². The fourth-order valence-corrected chi connectivity index (χ4v) is 3.97.